The van der Waals surface area contributed by atoms with Crippen LogP contribution in [0.25, 0.3) is 0 Å². The topological polar surface area (TPSA) is 71.8 Å². The molecular weight excluding hydrogens is 337 g/mol. The van der Waals surface area contributed by atoms with Crippen LogP contribution in [0.5, 0.6) is 0 Å². The van der Waals surface area contributed by atoms with E-state index >= 15 is 0 Å². The van der Waals surface area contributed by atoms with Gasteiger partial charge in [0.25, 0.3) is 0 Å². The summed E-state index contributed by atoms with van der Waals surface area (Å²) in [6, 6.07) is 3.79. The first-order valence-corrected chi connectivity index (χ1v) is 9.63. The Balaban J connectivity index is 3.22. The van der Waals surface area contributed by atoms with E-state index in [9.17, 15) is 10.2 Å². The predicted octanol–water partition coefficient (Wildman–Crippen LogP) is 2.63. The van der Waals surface area contributed by atoms with E-state index in [1.165, 1.54) is 0 Å². The van der Waals surface area contributed by atoms with Gasteiger partial charge in [-0.25, -0.2) is 0 Å². The molecule has 5 nitrogen and oxygen atoms in total. The smallest absolute Gasteiger partial charge is 0.399 e. The Morgan fingerprint density at radius 2 is 1.32 bits per heavy atom. The van der Waals surface area contributed by atoms with Crippen molar-refractivity contribution in [3.05, 3.63) is 18.3 Å². The summed E-state index contributed by atoms with van der Waals surface area (Å²) in [5.41, 5.74) is -3.20. The molecule has 25 heavy (non-hydrogen) atoms. The van der Waals surface area contributed by atoms with Gasteiger partial charge in [-0.3, -0.25) is 4.98 Å². The summed E-state index contributed by atoms with van der Waals surface area (Å²) in [5.74, 6) is 0. The van der Waals surface area contributed by atoms with Gasteiger partial charge in [0.1, 0.15) is 0 Å². The van der Waals surface area contributed by atoms with Crippen LogP contribution in [0, 0.1) is 0 Å². The molecule has 1 rings (SSSR count). The molecule has 1 aromatic rings. The van der Waals surface area contributed by atoms with E-state index in [1.54, 1.807) is 45.7 Å². The zero-order chi connectivity index (χ0) is 19.7. The second-order valence-electron chi connectivity index (χ2n) is 8.34. The van der Waals surface area contributed by atoms with E-state index in [0.29, 0.717) is 0 Å². The van der Waals surface area contributed by atoms with Gasteiger partial charge >= 0.3 is 7.12 Å². The number of pyridine rings is 1. The fourth-order valence-corrected chi connectivity index (χ4v) is 2.00. The van der Waals surface area contributed by atoms with Gasteiger partial charge in [-0.15, -0.1) is 11.8 Å². The molecule has 7 heteroatoms. The van der Waals surface area contributed by atoms with Crippen LogP contribution in [-0.2, 0) is 9.31 Å². The molecule has 0 unspecified atom stereocenters. The quantitative estimate of drug-likeness (QED) is 0.542. The highest BCUT2D eigenvalue weighted by Crippen LogP contribution is 2.30. The monoisotopic (exact) mass is 369 g/mol. The van der Waals surface area contributed by atoms with E-state index in [1.807, 2.05) is 46.1 Å². The maximum Gasteiger partial charge on any atom is 0.496 e. The molecule has 1 aromatic heterocycles. The summed E-state index contributed by atoms with van der Waals surface area (Å²) >= 11 is 1.55. The van der Waals surface area contributed by atoms with E-state index in [0.717, 1.165) is 10.5 Å². The highest BCUT2D eigenvalue weighted by Gasteiger charge is 2.45. The number of hydrogen-bond acceptors (Lipinski definition) is 6. The van der Waals surface area contributed by atoms with Crippen molar-refractivity contribution < 1.29 is 19.5 Å². The van der Waals surface area contributed by atoms with Gasteiger partial charge in [-0.1, -0.05) is 6.07 Å². The Hall–Kier alpha value is -0.595. The van der Waals surface area contributed by atoms with E-state index in [2.05, 4.69) is 4.98 Å². The molecule has 142 valence electrons. The number of aliphatic hydroxyl groups is 2. The molecule has 0 aliphatic carbocycles. The average molecular weight is 369 g/mol. The van der Waals surface area contributed by atoms with Crippen molar-refractivity contribution in [2.75, 3.05) is 6.26 Å². The molecule has 0 radical (unpaired) electrons. The summed E-state index contributed by atoms with van der Waals surface area (Å²) < 4.78 is 12.3. The fraction of sp³-hybridized carbons (Fsp3) is 0.722. The Labute approximate surface area is 156 Å². The largest absolute Gasteiger partial charge is 0.496 e. The van der Waals surface area contributed by atoms with Gasteiger partial charge in [0.15, 0.2) is 0 Å². The Morgan fingerprint density at radius 3 is 1.60 bits per heavy atom. The number of thioether (sulfide) groups is 1. The lowest BCUT2D eigenvalue weighted by Crippen LogP contribution is -2.58. The Kier molecular flexibility index (Phi) is 6.79. The second kappa shape index (κ2) is 7.57. The number of hydrogen-bond donors (Lipinski definition) is 2. The highest BCUT2D eigenvalue weighted by molar-refractivity contribution is 7.98. The van der Waals surface area contributed by atoms with Crippen molar-refractivity contribution >= 4 is 24.3 Å². The number of aromatic nitrogens is 1. The van der Waals surface area contributed by atoms with Crippen molar-refractivity contribution in [2.24, 2.45) is 0 Å². The van der Waals surface area contributed by atoms with Gasteiger partial charge in [0.2, 0.25) is 0 Å². The third-order valence-corrected chi connectivity index (χ3v) is 5.65. The maximum absolute atomic E-state index is 10.4. The van der Waals surface area contributed by atoms with Crippen molar-refractivity contribution in [2.45, 2.75) is 82.8 Å². The Bertz CT molecular complexity index is 534. The molecule has 0 bridgehead atoms. The van der Waals surface area contributed by atoms with Crippen molar-refractivity contribution in [1.82, 2.24) is 4.98 Å². The molecule has 2 N–H and O–H groups in total. The van der Waals surface area contributed by atoms with Crippen LogP contribution in [0.15, 0.2) is 23.4 Å². The minimum Gasteiger partial charge on any atom is -0.399 e. The minimum absolute atomic E-state index is 0.729. The van der Waals surface area contributed by atoms with E-state index < -0.39 is 29.5 Å². The molecule has 0 spiro atoms. The summed E-state index contributed by atoms with van der Waals surface area (Å²) in [6.45, 7) is 14.0. The normalized spacial score (nSPS) is 13.9. The number of rotatable bonds is 8. The zero-order valence-electron chi connectivity index (χ0n) is 16.9. The standard InChI is InChI=1S/C18H32BNO4S/c1-15(2,21)17(5,6)23-19(24-18(7,8)16(3,4)22)13-10-11-14(25-9)20-12-13/h10-12,21-22H,1-9H3. The van der Waals surface area contributed by atoms with Gasteiger partial charge in [0.05, 0.1) is 27.4 Å². The minimum atomic E-state index is -1.08. The summed E-state index contributed by atoms with van der Waals surface area (Å²) in [5, 5.41) is 21.8. The lowest BCUT2D eigenvalue weighted by molar-refractivity contribution is -0.132. The molecule has 0 aromatic carbocycles. The molecule has 0 saturated carbocycles. The van der Waals surface area contributed by atoms with Gasteiger partial charge in [0, 0.05) is 11.7 Å². The average Bonchev–Trinajstić information content (AvgIpc) is 2.43. The van der Waals surface area contributed by atoms with Crippen LogP contribution in [0.4, 0.5) is 0 Å². The maximum atomic E-state index is 10.4. The molecule has 0 saturated heterocycles. The summed E-state index contributed by atoms with van der Waals surface area (Å²) in [6.07, 6.45) is 3.67. The van der Waals surface area contributed by atoms with Crippen LogP contribution in [-0.4, -0.2) is 51.0 Å². The van der Waals surface area contributed by atoms with Crippen molar-refractivity contribution in [3.63, 3.8) is 0 Å². The second-order valence-corrected chi connectivity index (χ2v) is 9.17. The number of nitrogens with zero attached hydrogens (tertiary/aromatic N) is 1. The van der Waals surface area contributed by atoms with Gasteiger partial charge in [-0.05, 0) is 67.7 Å². The molecule has 0 aliphatic heterocycles. The van der Waals surface area contributed by atoms with E-state index in [-0.39, 0.29) is 0 Å². The summed E-state index contributed by atoms with van der Waals surface area (Å²) in [7, 11) is -0.786. The van der Waals surface area contributed by atoms with Crippen molar-refractivity contribution in [1.29, 1.82) is 0 Å². The molecule has 0 aliphatic rings. The lowest BCUT2D eigenvalue weighted by atomic mass is 9.74. The van der Waals surface area contributed by atoms with Crippen LogP contribution >= 0.6 is 11.8 Å². The predicted molar refractivity (Wildman–Crippen MR) is 104 cm³/mol. The first-order chi connectivity index (χ1) is 11.1. The lowest BCUT2D eigenvalue weighted by Gasteiger charge is -2.43. The molecular formula is C18H32BNO4S. The first-order valence-electron chi connectivity index (χ1n) is 8.41. The molecule has 1 heterocycles. The van der Waals surface area contributed by atoms with Crippen LogP contribution < -0.4 is 5.46 Å². The SMILES string of the molecule is CSc1ccc(B(OC(C)(C)C(C)(C)O)OC(C)(C)C(C)(C)O)cn1. The fourth-order valence-electron chi connectivity index (χ4n) is 1.64. The highest BCUT2D eigenvalue weighted by atomic mass is 32.2. The Morgan fingerprint density at radius 1 is 0.880 bits per heavy atom. The van der Waals surface area contributed by atoms with Crippen LogP contribution in [0.1, 0.15) is 55.4 Å². The van der Waals surface area contributed by atoms with Gasteiger partial charge in [-0.2, -0.15) is 0 Å². The third kappa shape index (κ3) is 5.69. The van der Waals surface area contributed by atoms with Crippen molar-refractivity contribution in [3.8, 4) is 0 Å². The first kappa shape index (κ1) is 22.4. The molecule has 0 amide bonds. The molecule has 0 atom stereocenters. The zero-order valence-corrected chi connectivity index (χ0v) is 17.7. The van der Waals surface area contributed by atoms with Crippen LogP contribution in [0.3, 0.4) is 0 Å². The molecule has 0 fully saturated rings. The van der Waals surface area contributed by atoms with Crippen LogP contribution in [0.2, 0.25) is 0 Å². The van der Waals surface area contributed by atoms with E-state index in [4.69, 9.17) is 9.31 Å². The van der Waals surface area contributed by atoms with Gasteiger partial charge < -0.3 is 19.5 Å². The summed E-state index contributed by atoms with van der Waals surface area (Å²) in [4.78, 5) is 4.38. The third-order valence-electron chi connectivity index (χ3n) is 4.99.